The molecule has 1 fully saturated rings. The van der Waals surface area contributed by atoms with Gasteiger partial charge in [0, 0.05) is 11.1 Å². The highest BCUT2D eigenvalue weighted by Crippen LogP contribution is 2.24. The summed E-state index contributed by atoms with van der Waals surface area (Å²) in [6.45, 7) is 7.52. The number of aromatic nitrogens is 1. The minimum absolute atomic E-state index is 0.0625. The number of nitrogens with zero attached hydrogens (tertiary/aromatic N) is 2. The van der Waals surface area contributed by atoms with Crippen molar-refractivity contribution in [2.45, 2.75) is 45.8 Å². The van der Waals surface area contributed by atoms with Crippen LogP contribution in [0.1, 0.15) is 31.5 Å². The Morgan fingerprint density at radius 1 is 1.50 bits per heavy atom. The molecule has 1 saturated heterocycles. The third-order valence-electron chi connectivity index (χ3n) is 3.17. The maximum Gasteiger partial charge on any atom is 0.246 e. The molecule has 1 aromatic heterocycles. The lowest BCUT2D eigenvalue weighted by Gasteiger charge is -2.43. The van der Waals surface area contributed by atoms with Crippen LogP contribution < -0.4 is 5.32 Å². The molecule has 0 aromatic carbocycles. The van der Waals surface area contributed by atoms with Gasteiger partial charge in [-0.15, -0.1) is 11.3 Å². The SMILES string of the molecule is Cc1csc(CN2C(=O)C(C)NC(=O)C2(C)C)n1. The molecule has 6 heteroatoms. The Morgan fingerprint density at radius 3 is 2.72 bits per heavy atom. The van der Waals surface area contributed by atoms with E-state index >= 15 is 0 Å². The second kappa shape index (κ2) is 4.35. The Balaban J connectivity index is 2.27. The van der Waals surface area contributed by atoms with E-state index in [0.717, 1.165) is 10.7 Å². The number of hydrogen-bond acceptors (Lipinski definition) is 4. The normalized spacial score (nSPS) is 23.1. The Kier molecular flexibility index (Phi) is 3.14. The number of carbonyl (C=O) groups excluding carboxylic acids is 2. The molecule has 5 nitrogen and oxygen atoms in total. The van der Waals surface area contributed by atoms with Crippen molar-refractivity contribution in [2.24, 2.45) is 0 Å². The Bertz CT molecular complexity index is 495. The maximum atomic E-state index is 12.2. The molecule has 1 aromatic rings. The van der Waals surface area contributed by atoms with E-state index in [1.807, 2.05) is 12.3 Å². The molecule has 1 unspecified atom stereocenters. The van der Waals surface area contributed by atoms with Crippen LogP contribution >= 0.6 is 11.3 Å². The lowest BCUT2D eigenvalue weighted by atomic mass is 9.96. The fourth-order valence-electron chi connectivity index (χ4n) is 1.95. The summed E-state index contributed by atoms with van der Waals surface area (Å²) in [4.78, 5) is 30.1. The monoisotopic (exact) mass is 267 g/mol. The van der Waals surface area contributed by atoms with E-state index in [4.69, 9.17) is 0 Å². The summed E-state index contributed by atoms with van der Waals surface area (Å²) in [5.41, 5.74) is 0.109. The van der Waals surface area contributed by atoms with E-state index in [-0.39, 0.29) is 11.8 Å². The van der Waals surface area contributed by atoms with Crippen LogP contribution in [0.4, 0.5) is 0 Å². The van der Waals surface area contributed by atoms with Crippen LogP contribution in [-0.2, 0) is 16.1 Å². The minimum Gasteiger partial charge on any atom is -0.343 e. The van der Waals surface area contributed by atoms with E-state index in [9.17, 15) is 9.59 Å². The molecule has 1 aliphatic heterocycles. The molecule has 0 radical (unpaired) electrons. The van der Waals surface area contributed by atoms with E-state index in [2.05, 4.69) is 10.3 Å². The number of thiazole rings is 1. The van der Waals surface area contributed by atoms with Crippen molar-refractivity contribution in [3.05, 3.63) is 16.1 Å². The average Bonchev–Trinajstić information content (AvgIpc) is 2.68. The molecular formula is C12H17N3O2S. The highest BCUT2D eigenvalue weighted by atomic mass is 32.1. The van der Waals surface area contributed by atoms with Crippen LogP contribution in [0, 0.1) is 6.92 Å². The number of piperazine rings is 1. The molecule has 98 valence electrons. The van der Waals surface area contributed by atoms with Crippen molar-refractivity contribution in [1.29, 1.82) is 0 Å². The van der Waals surface area contributed by atoms with Crippen LogP contribution in [0.2, 0.25) is 0 Å². The van der Waals surface area contributed by atoms with Gasteiger partial charge in [0.25, 0.3) is 0 Å². The molecule has 1 atom stereocenters. The quantitative estimate of drug-likeness (QED) is 0.872. The maximum absolute atomic E-state index is 12.2. The smallest absolute Gasteiger partial charge is 0.246 e. The lowest BCUT2D eigenvalue weighted by Crippen LogP contribution is -2.67. The van der Waals surface area contributed by atoms with Crippen LogP contribution in [0.15, 0.2) is 5.38 Å². The van der Waals surface area contributed by atoms with Crippen molar-refractivity contribution >= 4 is 23.2 Å². The summed E-state index contributed by atoms with van der Waals surface area (Å²) in [7, 11) is 0. The second-order valence-corrected chi connectivity index (χ2v) is 6.00. The molecule has 18 heavy (non-hydrogen) atoms. The summed E-state index contributed by atoms with van der Waals surface area (Å²) >= 11 is 1.51. The number of aryl methyl sites for hydroxylation is 1. The minimum atomic E-state index is -0.830. The molecule has 2 amide bonds. The third kappa shape index (κ3) is 2.12. The standard InChI is InChI=1S/C12H17N3O2S/c1-7-6-18-9(13-7)5-15-10(16)8(2)14-11(17)12(15,3)4/h6,8H,5H2,1-4H3,(H,14,17). The fourth-order valence-corrected chi connectivity index (χ4v) is 2.71. The van der Waals surface area contributed by atoms with E-state index < -0.39 is 11.6 Å². The average molecular weight is 267 g/mol. The zero-order chi connectivity index (χ0) is 13.5. The molecule has 1 N–H and O–H groups in total. The summed E-state index contributed by atoms with van der Waals surface area (Å²) in [5.74, 6) is -0.185. The van der Waals surface area contributed by atoms with Crippen molar-refractivity contribution in [1.82, 2.24) is 15.2 Å². The van der Waals surface area contributed by atoms with Gasteiger partial charge >= 0.3 is 0 Å². The summed E-state index contributed by atoms with van der Waals surface area (Å²) < 4.78 is 0. The molecule has 1 aliphatic rings. The first kappa shape index (κ1) is 13.0. The topological polar surface area (TPSA) is 62.3 Å². The van der Waals surface area contributed by atoms with Gasteiger partial charge in [0.1, 0.15) is 16.6 Å². The number of amides is 2. The first-order valence-electron chi connectivity index (χ1n) is 5.86. The molecule has 0 aliphatic carbocycles. The molecule has 0 saturated carbocycles. The van der Waals surface area contributed by atoms with Crippen molar-refractivity contribution in [3.63, 3.8) is 0 Å². The van der Waals surface area contributed by atoms with Gasteiger partial charge in [-0.25, -0.2) is 4.98 Å². The highest BCUT2D eigenvalue weighted by molar-refractivity contribution is 7.09. The van der Waals surface area contributed by atoms with Crippen LogP contribution in [-0.4, -0.2) is 33.3 Å². The Hall–Kier alpha value is -1.43. The number of nitrogens with one attached hydrogen (secondary N) is 1. The number of rotatable bonds is 2. The number of hydrogen-bond donors (Lipinski definition) is 1. The first-order valence-corrected chi connectivity index (χ1v) is 6.74. The molecular weight excluding hydrogens is 250 g/mol. The first-order chi connectivity index (χ1) is 8.32. The van der Waals surface area contributed by atoms with Gasteiger partial charge in [-0.2, -0.15) is 0 Å². The zero-order valence-electron chi connectivity index (χ0n) is 11.0. The number of carbonyl (C=O) groups is 2. The summed E-state index contributed by atoms with van der Waals surface area (Å²) in [6, 6.07) is -0.466. The Morgan fingerprint density at radius 2 is 2.17 bits per heavy atom. The van der Waals surface area contributed by atoms with Gasteiger partial charge in [-0.05, 0) is 27.7 Å². The largest absolute Gasteiger partial charge is 0.343 e. The third-order valence-corrected chi connectivity index (χ3v) is 4.13. The van der Waals surface area contributed by atoms with E-state index in [1.54, 1.807) is 25.7 Å². The Labute approximate surface area is 110 Å². The van der Waals surface area contributed by atoms with Gasteiger partial charge < -0.3 is 10.2 Å². The molecule has 2 heterocycles. The lowest BCUT2D eigenvalue weighted by molar-refractivity contribution is -0.155. The second-order valence-electron chi connectivity index (χ2n) is 5.06. The molecule has 0 bridgehead atoms. The molecule has 2 rings (SSSR count). The van der Waals surface area contributed by atoms with Gasteiger partial charge in [-0.3, -0.25) is 9.59 Å². The van der Waals surface area contributed by atoms with Crippen molar-refractivity contribution < 1.29 is 9.59 Å². The van der Waals surface area contributed by atoms with Crippen molar-refractivity contribution in [3.8, 4) is 0 Å². The van der Waals surface area contributed by atoms with E-state index in [0.29, 0.717) is 6.54 Å². The molecule has 0 spiro atoms. The van der Waals surface area contributed by atoms with Crippen LogP contribution in [0.5, 0.6) is 0 Å². The summed E-state index contributed by atoms with van der Waals surface area (Å²) in [5, 5.41) is 5.50. The van der Waals surface area contributed by atoms with Crippen molar-refractivity contribution in [2.75, 3.05) is 0 Å². The van der Waals surface area contributed by atoms with Crippen LogP contribution in [0.25, 0.3) is 0 Å². The van der Waals surface area contributed by atoms with Gasteiger partial charge in [0.2, 0.25) is 11.8 Å². The van der Waals surface area contributed by atoms with Gasteiger partial charge in [0.15, 0.2) is 0 Å². The predicted molar refractivity (Wildman–Crippen MR) is 69.1 cm³/mol. The highest BCUT2D eigenvalue weighted by Gasteiger charge is 2.44. The van der Waals surface area contributed by atoms with E-state index in [1.165, 1.54) is 11.3 Å². The zero-order valence-corrected chi connectivity index (χ0v) is 11.8. The fraction of sp³-hybridized carbons (Fsp3) is 0.583. The summed E-state index contributed by atoms with van der Waals surface area (Å²) in [6.07, 6.45) is 0. The van der Waals surface area contributed by atoms with Gasteiger partial charge in [-0.1, -0.05) is 0 Å². The van der Waals surface area contributed by atoms with Gasteiger partial charge in [0.05, 0.1) is 6.54 Å². The van der Waals surface area contributed by atoms with Crippen LogP contribution in [0.3, 0.4) is 0 Å². The predicted octanol–water partition coefficient (Wildman–Crippen LogP) is 1.08.